The van der Waals surface area contributed by atoms with Crippen LogP contribution in [-0.2, 0) is 14.1 Å². The molecule has 0 N–H and O–H groups in total. The number of benzene rings is 1. The topological polar surface area (TPSA) is 78.9 Å². The molecule has 1 aliphatic carbocycles. The van der Waals surface area contributed by atoms with E-state index in [0.717, 1.165) is 38.5 Å². The van der Waals surface area contributed by atoms with Gasteiger partial charge in [-0.15, -0.1) is 0 Å². The van der Waals surface area contributed by atoms with Crippen molar-refractivity contribution < 1.29 is 28.4 Å². The van der Waals surface area contributed by atoms with E-state index in [1.807, 2.05) is 6.92 Å². The Kier molecular flexibility index (Phi) is 10.8. The lowest BCUT2D eigenvalue weighted by atomic mass is 9.76. The molecule has 1 fully saturated rings. The fourth-order valence-corrected chi connectivity index (χ4v) is 3.52. The van der Waals surface area contributed by atoms with Crippen LogP contribution in [0.25, 0.3) is 0 Å². The summed E-state index contributed by atoms with van der Waals surface area (Å²) in [5.74, 6) is -0.617. The van der Waals surface area contributed by atoms with Crippen LogP contribution in [0.5, 0.6) is 11.5 Å². The second-order valence-electron chi connectivity index (χ2n) is 6.45. The number of carbonyl (C=O) groups excluding carboxylic acids is 2. The largest absolute Gasteiger partial charge is 0.496 e. The van der Waals surface area contributed by atoms with Crippen molar-refractivity contribution in [2.24, 2.45) is 11.8 Å². The van der Waals surface area contributed by atoms with Gasteiger partial charge >= 0.3 is 5.97 Å². The predicted octanol–water partition coefficient (Wildman–Crippen LogP) is 3.98. The molecule has 0 aromatic heterocycles. The van der Waals surface area contributed by atoms with Crippen LogP contribution in [0.3, 0.4) is 0 Å². The summed E-state index contributed by atoms with van der Waals surface area (Å²) in [5.41, 5.74) is 0.330. The first-order chi connectivity index (χ1) is 13.1. The molecule has 152 valence electrons. The van der Waals surface area contributed by atoms with E-state index in [4.69, 9.17) is 18.8 Å². The lowest BCUT2D eigenvalue weighted by molar-refractivity contribution is -0.148. The number of hydrogen-bond donors (Lipinski definition) is 0. The van der Waals surface area contributed by atoms with Crippen LogP contribution >= 0.6 is 9.12 Å². The molecule has 6 nitrogen and oxygen atoms in total. The maximum absolute atomic E-state index is 13.3. The van der Waals surface area contributed by atoms with E-state index in [0.29, 0.717) is 32.8 Å². The number of carbonyl (C=O) groups is 2. The van der Waals surface area contributed by atoms with Crippen molar-refractivity contribution in [2.45, 2.75) is 45.4 Å². The monoisotopic (exact) mass is 398 g/mol. The molecule has 2 rings (SSSR count). The molecule has 0 heterocycles. The molecular formula is C20H31O6P. The molecular weight excluding hydrogens is 367 g/mol. The van der Waals surface area contributed by atoms with Gasteiger partial charge in [0.1, 0.15) is 23.0 Å². The Morgan fingerprint density at radius 2 is 1.63 bits per heavy atom. The summed E-state index contributed by atoms with van der Waals surface area (Å²) in [5, 5.41) is 0. The second kappa shape index (κ2) is 12.6. The van der Waals surface area contributed by atoms with E-state index >= 15 is 0 Å². The lowest BCUT2D eigenvalue weighted by Crippen LogP contribution is -2.35. The summed E-state index contributed by atoms with van der Waals surface area (Å²) in [6, 6.07) is 5.19. The molecule has 1 saturated carbocycles. The summed E-state index contributed by atoms with van der Waals surface area (Å²) < 4.78 is 24.3. The highest BCUT2D eigenvalue weighted by Gasteiger charge is 2.39. The number of esters is 1. The van der Waals surface area contributed by atoms with Crippen molar-refractivity contribution in [3.8, 4) is 11.5 Å². The Bertz CT molecular complexity index is 590. The van der Waals surface area contributed by atoms with Crippen LogP contribution in [0, 0.1) is 11.8 Å². The molecule has 2 atom stereocenters. The SMILES string of the molecule is CCCOC(=O)C(C(=O)c1c(OC)cccc1OC)C1CCCCC1.O=[PH3]. The van der Waals surface area contributed by atoms with Gasteiger partial charge in [0.25, 0.3) is 0 Å². The third-order valence-corrected chi connectivity index (χ3v) is 4.78. The molecule has 0 amide bonds. The minimum Gasteiger partial charge on any atom is -0.496 e. The molecule has 1 aliphatic rings. The summed E-state index contributed by atoms with van der Waals surface area (Å²) in [6.45, 7) is 2.27. The van der Waals surface area contributed by atoms with E-state index in [1.54, 1.807) is 18.2 Å². The van der Waals surface area contributed by atoms with E-state index in [-0.39, 0.29) is 11.7 Å². The van der Waals surface area contributed by atoms with Crippen LogP contribution < -0.4 is 9.47 Å². The Labute approximate surface area is 163 Å². The molecule has 0 bridgehead atoms. The van der Waals surface area contributed by atoms with Crippen molar-refractivity contribution in [1.29, 1.82) is 0 Å². The molecule has 1 aromatic rings. The van der Waals surface area contributed by atoms with Crippen molar-refractivity contribution >= 4 is 20.9 Å². The molecule has 27 heavy (non-hydrogen) atoms. The van der Waals surface area contributed by atoms with Gasteiger partial charge in [0.2, 0.25) is 0 Å². The zero-order valence-electron chi connectivity index (χ0n) is 16.5. The lowest BCUT2D eigenvalue weighted by Gasteiger charge is -2.28. The van der Waals surface area contributed by atoms with Gasteiger partial charge in [-0.05, 0) is 37.3 Å². The number of rotatable bonds is 8. The summed E-state index contributed by atoms with van der Waals surface area (Å²) in [6.07, 6.45) is 5.70. The third-order valence-electron chi connectivity index (χ3n) is 4.78. The number of ether oxygens (including phenoxy) is 3. The van der Waals surface area contributed by atoms with Crippen LogP contribution in [-0.4, -0.2) is 32.6 Å². The molecule has 7 heteroatoms. The van der Waals surface area contributed by atoms with Gasteiger partial charge in [0.05, 0.1) is 29.9 Å². The van der Waals surface area contributed by atoms with Crippen molar-refractivity contribution in [2.75, 3.05) is 20.8 Å². The highest BCUT2D eigenvalue weighted by molar-refractivity contribution is 7.00. The third kappa shape index (κ3) is 6.10. The van der Waals surface area contributed by atoms with Gasteiger partial charge in [-0.1, -0.05) is 32.3 Å². The number of ketones is 1. The predicted molar refractivity (Wildman–Crippen MR) is 107 cm³/mol. The van der Waals surface area contributed by atoms with Gasteiger partial charge in [0, 0.05) is 0 Å². The first-order valence-corrected chi connectivity index (χ1v) is 9.92. The summed E-state index contributed by atoms with van der Waals surface area (Å²) >= 11 is 0. The standard InChI is InChI=1S/C20H28O5.H3OP/c1-4-13-25-20(22)17(14-9-6-5-7-10-14)19(21)18-15(23-2)11-8-12-16(18)24-3;1-2/h8,11-12,14,17H,4-7,9-10,13H2,1-3H3;2H3. The van der Waals surface area contributed by atoms with Gasteiger partial charge in [-0.2, -0.15) is 0 Å². The summed E-state index contributed by atoms with van der Waals surface area (Å²) in [7, 11) is 3.63. The van der Waals surface area contributed by atoms with Gasteiger partial charge < -0.3 is 18.8 Å². The molecule has 2 unspecified atom stereocenters. The first kappa shape index (κ1) is 23.2. The fraction of sp³-hybridized carbons (Fsp3) is 0.600. The summed E-state index contributed by atoms with van der Waals surface area (Å²) in [4.78, 5) is 26.0. The van der Waals surface area contributed by atoms with Crippen LogP contribution in [0.4, 0.5) is 0 Å². The van der Waals surface area contributed by atoms with E-state index in [2.05, 4.69) is 0 Å². The van der Waals surface area contributed by atoms with Crippen LogP contribution in [0.1, 0.15) is 55.8 Å². The number of hydrogen-bond acceptors (Lipinski definition) is 6. The molecule has 0 aliphatic heterocycles. The zero-order valence-corrected chi connectivity index (χ0v) is 17.9. The van der Waals surface area contributed by atoms with Gasteiger partial charge in [0.15, 0.2) is 5.78 Å². The van der Waals surface area contributed by atoms with Crippen molar-refractivity contribution in [3.05, 3.63) is 23.8 Å². The average molecular weight is 398 g/mol. The maximum Gasteiger partial charge on any atom is 0.317 e. The smallest absolute Gasteiger partial charge is 0.317 e. The minimum absolute atomic E-state index is 0.0141. The van der Waals surface area contributed by atoms with Crippen LogP contribution in [0.15, 0.2) is 18.2 Å². The number of Topliss-reactive ketones (excluding diaryl/α,β-unsaturated/α-hetero) is 1. The Morgan fingerprint density at radius 1 is 1.07 bits per heavy atom. The molecule has 0 saturated heterocycles. The van der Waals surface area contributed by atoms with Gasteiger partial charge in [-0.3, -0.25) is 9.59 Å². The second-order valence-corrected chi connectivity index (χ2v) is 6.45. The Morgan fingerprint density at radius 3 is 2.11 bits per heavy atom. The van der Waals surface area contributed by atoms with Crippen molar-refractivity contribution in [1.82, 2.24) is 0 Å². The van der Waals surface area contributed by atoms with Crippen molar-refractivity contribution in [3.63, 3.8) is 0 Å². The Balaban J connectivity index is 0.00000176. The minimum atomic E-state index is -0.794. The normalized spacial score (nSPS) is 15.2. The molecule has 0 radical (unpaired) electrons. The average Bonchev–Trinajstić information content (AvgIpc) is 2.73. The number of methoxy groups -OCH3 is 2. The molecule has 0 spiro atoms. The fourth-order valence-electron chi connectivity index (χ4n) is 3.52. The quantitative estimate of drug-likeness (QED) is 0.285. The van der Waals surface area contributed by atoms with E-state index in [1.165, 1.54) is 14.2 Å². The first-order valence-electron chi connectivity index (χ1n) is 9.34. The zero-order chi connectivity index (χ0) is 20.2. The van der Waals surface area contributed by atoms with E-state index in [9.17, 15) is 9.59 Å². The molecule has 1 aromatic carbocycles. The van der Waals surface area contributed by atoms with Gasteiger partial charge in [-0.25, -0.2) is 0 Å². The highest BCUT2D eigenvalue weighted by Crippen LogP contribution is 2.37. The Hall–Kier alpha value is -1.81. The highest BCUT2D eigenvalue weighted by atomic mass is 31.0. The van der Waals surface area contributed by atoms with Crippen LogP contribution in [0.2, 0.25) is 0 Å². The van der Waals surface area contributed by atoms with E-state index < -0.39 is 11.9 Å². The maximum atomic E-state index is 13.3.